The third-order valence-electron chi connectivity index (χ3n) is 2.77. The van der Waals surface area contributed by atoms with E-state index in [1.807, 2.05) is 18.4 Å². The number of carbonyl (C=O) groups is 1. The summed E-state index contributed by atoms with van der Waals surface area (Å²) in [5, 5.41) is -0.0539. The van der Waals surface area contributed by atoms with Gasteiger partial charge in [-0.3, -0.25) is 4.79 Å². The maximum atomic E-state index is 12.3. The van der Waals surface area contributed by atoms with Crippen LogP contribution >= 0.6 is 35.0 Å². The Kier molecular flexibility index (Phi) is 4.92. The molecule has 0 amide bonds. The number of hydrogen-bond donors (Lipinski definition) is 0. The molecule has 0 aliphatic heterocycles. The van der Waals surface area contributed by atoms with Gasteiger partial charge in [-0.25, -0.2) is 0 Å². The SMILES string of the molecule is CSc1ccc(C(=O)C(Cl)c2ccc(Cl)cc2)cc1. The van der Waals surface area contributed by atoms with E-state index in [0.29, 0.717) is 10.6 Å². The van der Waals surface area contributed by atoms with Gasteiger partial charge in [0, 0.05) is 15.5 Å². The number of halogens is 2. The molecule has 1 nitrogen and oxygen atoms in total. The fourth-order valence-corrected chi connectivity index (χ4v) is 2.49. The van der Waals surface area contributed by atoms with E-state index in [1.165, 1.54) is 0 Å². The van der Waals surface area contributed by atoms with Crippen LogP contribution in [0.25, 0.3) is 0 Å². The summed E-state index contributed by atoms with van der Waals surface area (Å²) >= 11 is 13.7. The number of alkyl halides is 1. The van der Waals surface area contributed by atoms with Gasteiger partial charge >= 0.3 is 0 Å². The quantitative estimate of drug-likeness (QED) is 0.437. The van der Waals surface area contributed by atoms with Crippen LogP contribution < -0.4 is 0 Å². The minimum Gasteiger partial charge on any atom is -0.292 e. The molecule has 0 aliphatic rings. The molecular weight excluding hydrogens is 299 g/mol. The zero-order valence-electron chi connectivity index (χ0n) is 10.3. The van der Waals surface area contributed by atoms with E-state index in [9.17, 15) is 4.79 Å². The Morgan fingerprint density at radius 3 is 2.16 bits per heavy atom. The van der Waals surface area contributed by atoms with E-state index in [1.54, 1.807) is 48.2 Å². The van der Waals surface area contributed by atoms with Crippen molar-refractivity contribution in [2.45, 2.75) is 10.3 Å². The minimum absolute atomic E-state index is 0.100. The van der Waals surface area contributed by atoms with Crippen molar-refractivity contribution in [1.82, 2.24) is 0 Å². The van der Waals surface area contributed by atoms with Crippen LogP contribution in [0.4, 0.5) is 0 Å². The number of carbonyl (C=O) groups excluding carboxylic acids is 1. The van der Waals surface area contributed by atoms with Crippen LogP contribution in [0.15, 0.2) is 53.4 Å². The number of Topliss-reactive ketones (excluding diaryl/α,β-unsaturated/α-hetero) is 1. The van der Waals surface area contributed by atoms with E-state index >= 15 is 0 Å². The second-order valence-electron chi connectivity index (χ2n) is 4.01. The van der Waals surface area contributed by atoms with Gasteiger partial charge in [-0.2, -0.15) is 0 Å². The van der Waals surface area contributed by atoms with E-state index in [2.05, 4.69) is 0 Å². The summed E-state index contributed by atoms with van der Waals surface area (Å²) in [7, 11) is 0. The molecule has 2 aromatic rings. The van der Waals surface area contributed by atoms with E-state index < -0.39 is 5.38 Å². The highest BCUT2D eigenvalue weighted by atomic mass is 35.5. The van der Waals surface area contributed by atoms with Crippen LogP contribution in [-0.2, 0) is 0 Å². The lowest BCUT2D eigenvalue weighted by Crippen LogP contribution is -2.07. The molecule has 0 aromatic heterocycles. The van der Waals surface area contributed by atoms with Crippen molar-refractivity contribution in [3.63, 3.8) is 0 Å². The number of benzene rings is 2. The Hall–Kier alpha value is -0.960. The monoisotopic (exact) mass is 310 g/mol. The predicted molar refractivity (Wildman–Crippen MR) is 82.6 cm³/mol. The zero-order chi connectivity index (χ0) is 13.8. The van der Waals surface area contributed by atoms with Crippen LogP contribution in [0, 0.1) is 0 Å². The normalized spacial score (nSPS) is 12.2. The second-order valence-corrected chi connectivity index (χ2v) is 5.76. The van der Waals surface area contributed by atoms with Gasteiger partial charge in [0.1, 0.15) is 5.38 Å². The first-order valence-electron chi connectivity index (χ1n) is 5.69. The number of thioether (sulfide) groups is 1. The average molecular weight is 311 g/mol. The van der Waals surface area contributed by atoms with Crippen LogP contribution in [0.1, 0.15) is 21.3 Å². The van der Waals surface area contributed by atoms with Crippen molar-refractivity contribution < 1.29 is 4.79 Å². The van der Waals surface area contributed by atoms with Crippen molar-refractivity contribution in [2.75, 3.05) is 6.26 Å². The Balaban J connectivity index is 2.20. The van der Waals surface area contributed by atoms with Crippen LogP contribution in [0.3, 0.4) is 0 Å². The van der Waals surface area contributed by atoms with Crippen molar-refractivity contribution in [1.29, 1.82) is 0 Å². The van der Waals surface area contributed by atoms with Gasteiger partial charge in [0.05, 0.1) is 0 Å². The van der Waals surface area contributed by atoms with E-state index in [-0.39, 0.29) is 5.78 Å². The largest absolute Gasteiger partial charge is 0.292 e. The highest BCUT2D eigenvalue weighted by Gasteiger charge is 2.19. The summed E-state index contributed by atoms with van der Waals surface area (Å²) in [4.78, 5) is 13.4. The average Bonchev–Trinajstić information content (AvgIpc) is 2.46. The standard InChI is InChI=1S/C15H12Cl2OS/c1-19-13-8-4-11(5-9-13)15(18)14(17)10-2-6-12(16)7-3-10/h2-9,14H,1H3. The van der Waals surface area contributed by atoms with Gasteiger partial charge in [-0.05, 0) is 36.1 Å². The molecule has 0 heterocycles. The number of rotatable bonds is 4. The van der Waals surface area contributed by atoms with Crippen molar-refractivity contribution >= 4 is 40.7 Å². The van der Waals surface area contributed by atoms with Crippen molar-refractivity contribution in [2.24, 2.45) is 0 Å². The number of hydrogen-bond acceptors (Lipinski definition) is 2. The van der Waals surface area contributed by atoms with Gasteiger partial charge in [0.25, 0.3) is 0 Å². The first-order chi connectivity index (χ1) is 9.11. The first kappa shape index (κ1) is 14.4. The molecule has 4 heteroatoms. The molecular formula is C15H12Cl2OS. The molecule has 1 atom stereocenters. The Labute approximate surface area is 126 Å². The predicted octanol–water partition coefficient (Wildman–Crippen LogP) is 5.22. The third-order valence-corrected chi connectivity index (χ3v) is 4.21. The highest BCUT2D eigenvalue weighted by Crippen LogP contribution is 2.27. The molecule has 19 heavy (non-hydrogen) atoms. The molecule has 2 aromatic carbocycles. The number of ketones is 1. The summed E-state index contributed by atoms with van der Waals surface area (Å²) in [6, 6.07) is 14.5. The van der Waals surface area contributed by atoms with Crippen LogP contribution in [-0.4, -0.2) is 12.0 Å². The van der Waals surface area contributed by atoms with Gasteiger partial charge in [-0.1, -0.05) is 35.9 Å². The van der Waals surface area contributed by atoms with Gasteiger partial charge in [0.2, 0.25) is 0 Å². The fourth-order valence-electron chi connectivity index (χ4n) is 1.68. The molecule has 0 N–H and O–H groups in total. The second kappa shape index (κ2) is 6.47. The molecule has 0 aliphatic carbocycles. The molecule has 0 saturated carbocycles. The highest BCUT2D eigenvalue weighted by molar-refractivity contribution is 7.98. The van der Waals surface area contributed by atoms with Crippen molar-refractivity contribution in [3.05, 3.63) is 64.7 Å². The molecule has 0 bridgehead atoms. The lowest BCUT2D eigenvalue weighted by Gasteiger charge is -2.09. The fraction of sp³-hybridized carbons (Fsp3) is 0.133. The van der Waals surface area contributed by atoms with E-state index in [4.69, 9.17) is 23.2 Å². The van der Waals surface area contributed by atoms with E-state index in [0.717, 1.165) is 10.5 Å². The van der Waals surface area contributed by atoms with Crippen LogP contribution in [0.2, 0.25) is 5.02 Å². The molecule has 1 unspecified atom stereocenters. The van der Waals surface area contributed by atoms with Gasteiger partial charge < -0.3 is 0 Å². The summed E-state index contributed by atoms with van der Waals surface area (Å²) in [5.41, 5.74) is 1.37. The Morgan fingerprint density at radius 1 is 1.05 bits per heavy atom. The Bertz CT molecular complexity index is 564. The summed E-state index contributed by atoms with van der Waals surface area (Å²) in [6.07, 6.45) is 1.99. The van der Waals surface area contributed by atoms with Gasteiger partial charge in [-0.15, -0.1) is 23.4 Å². The topological polar surface area (TPSA) is 17.1 Å². The first-order valence-corrected chi connectivity index (χ1v) is 7.73. The summed E-state index contributed by atoms with van der Waals surface area (Å²) in [5.74, 6) is -0.100. The molecule has 2 rings (SSSR count). The smallest absolute Gasteiger partial charge is 0.185 e. The maximum absolute atomic E-state index is 12.3. The lowest BCUT2D eigenvalue weighted by molar-refractivity contribution is 0.0987. The molecule has 0 spiro atoms. The van der Waals surface area contributed by atoms with Crippen molar-refractivity contribution in [3.8, 4) is 0 Å². The molecule has 98 valence electrons. The maximum Gasteiger partial charge on any atom is 0.185 e. The zero-order valence-corrected chi connectivity index (χ0v) is 12.6. The van der Waals surface area contributed by atoms with Crippen LogP contribution in [0.5, 0.6) is 0 Å². The summed E-state index contributed by atoms with van der Waals surface area (Å²) in [6.45, 7) is 0. The minimum atomic E-state index is -0.683. The lowest BCUT2D eigenvalue weighted by atomic mass is 10.0. The third kappa shape index (κ3) is 3.53. The Morgan fingerprint density at radius 2 is 1.63 bits per heavy atom. The van der Waals surface area contributed by atoms with Gasteiger partial charge in [0.15, 0.2) is 5.78 Å². The molecule has 0 radical (unpaired) electrons. The summed E-state index contributed by atoms with van der Waals surface area (Å²) < 4.78 is 0. The molecule has 0 fully saturated rings. The molecule has 0 saturated heterocycles.